The monoisotopic (exact) mass is 100 g/mol. The van der Waals surface area contributed by atoms with Gasteiger partial charge in [0.25, 0.3) is 0 Å². The van der Waals surface area contributed by atoms with Crippen molar-refractivity contribution in [3.05, 3.63) is 0 Å². The Kier molecular flexibility index (Phi) is 2.67. The largest absolute Gasteiger partial charge is 0.386 e. The molecule has 0 amide bonds. The number of amidine groups is 1. The Hall–Kier alpha value is -1.06. The summed E-state index contributed by atoms with van der Waals surface area (Å²) in [6, 6.07) is 0. The van der Waals surface area contributed by atoms with Gasteiger partial charge in [-0.05, 0) is 0 Å². The normalized spacial score (nSPS) is 7.43. The van der Waals surface area contributed by atoms with Crippen molar-refractivity contribution in [3.8, 4) is 0 Å². The summed E-state index contributed by atoms with van der Waals surface area (Å²) in [7, 11) is 0. The van der Waals surface area contributed by atoms with Crippen LogP contribution in [0.25, 0.3) is 0 Å². The van der Waals surface area contributed by atoms with Crippen LogP contribution in [0, 0.1) is 10.8 Å². The van der Waals surface area contributed by atoms with Crippen molar-refractivity contribution in [1.82, 2.24) is 5.32 Å². The van der Waals surface area contributed by atoms with Crippen LogP contribution in [-0.4, -0.2) is 18.7 Å². The van der Waals surface area contributed by atoms with E-state index >= 15 is 0 Å². The van der Waals surface area contributed by atoms with Crippen LogP contribution in [0.15, 0.2) is 0 Å². The summed E-state index contributed by atoms with van der Waals surface area (Å²) in [5.74, 6) is 0.0449. The van der Waals surface area contributed by atoms with E-state index in [1.807, 2.05) is 0 Å². The van der Waals surface area contributed by atoms with E-state index in [9.17, 15) is 0 Å². The lowest BCUT2D eigenvalue weighted by Gasteiger charge is -1.91. The molecule has 0 bridgehead atoms. The molecule has 0 radical (unpaired) electrons. The quantitative estimate of drug-likeness (QED) is 0.274. The highest BCUT2D eigenvalue weighted by Gasteiger charge is 1.79. The molecule has 0 aromatic heterocycles. The van der Waals surface area contributed by atoms with Crippen molar-refractivity contribution in [3.63, 3.8) is 0 Å². The third-order valence-corrected chi connectivity index (χ3v) is 0.395. The van der Waals surface area contributed by atoms with Gasteiger partial charge in [-0.1, -0.05) is 0 Å². The van der Waals surface area contributed by atoms with Gasteiger partial charge in [0.2, 0.25) is 0 Å². The fourth-order valence-corrected chi connectivity index (χ4v) is 0.161. The summed E-state index contributed by atoms with van der Waals surface area (Å²) < 4.78 is 0. The molecule has 5 N–H and O–H groups in total. The maximum absolute atomic E-state index is 6.61. The van der Waals surface area contributed by atoms with Gasteiger partial charge in [0.1, 0.15) is 5.84 Å². The molecular weight excluding hydrogens is 92.1 g/mol. The van der Waals surface area contributed by atoms with E-state index in [1.54, 1.807) is 0 Å². The van der Waals surface area contributed by atoms with Crippen LogP contribution >= 0.6 is 0 Å². The SMILES string of the molecule is N=CNCC(=N)N. The lowest BCUT2D eigenvalue weighted by Crippen LogP contribution is -2.26. The van der Waals surface area contributed by atoms with Gasteiger partial charge >= 0.3 is 0 Å². The van der Waals surface area contributed by atoms with Gasteiger partial charge in [-0.2, -0.15) is 0 Å². The highest BCUT2D eigenvalue weighted by molar-refractivity contribution is 5.80. The van der Waals surface area contributed by atoms with Crippen molar-refractivity contribution in [1.29, 1.82) is 10.8 Å². The topological polar surface area (TPSA) is 85.8 Å². The molecule has 0 aliphatic heterocycles. The van der Waals surface area contributed by atoms with E-state index in [0.717, 1.165) is 6.34 Å². The maximum Gasteiger partial charge on any atom is 0.110 e. The Morgan fingerprint density at radius 1 is 1.86 bits per heavy atom. The van der Waals surface area contributed by atoms with Gasteiger partial charge in [-0.25, -0.2) is 0 Å². The molecule has 0 rings (SSSR count). The van der Waals surface area contributed by atoms with E-state index in [-0.39, 0.29) is 12.4 Å². The molecule has 0 aliphatic rings. The van der Waals surface area contributed by atoms with Crippen molar-refractivity contribution < 1.29 is 0 Å². The first-order valence-corrected chi connectivity index (χ1v) is 1.82. The van der Waals surface area contributed by atoms with Gasteiger partial charge < -0.3 is 11.1 Å². The van der Waals surface area contributed by atoms with Crippen LogP contribution in [0.2, 0.25) is 0 Å². The number of rotatable bonds is 3. The predicted molar refractivity (Wildman–Crippen MR) is 28.7 cm³/mol. The first-order valence-electron chi connectivity index (χ1n) is 1.82. The molecular formula is C3H8N4. The second kappa shape index (κ2) is 3.14. The Labute approximate surface area is 41.7 Å². The van der Waals surface area contributed by atoms with E-state index in [1.165, 1.54) is 0 Å². The number of hydrogen-bond acceptors (Lipinski definition) is 2. The lowest BCUT2D eigenvalue weighted by atomic mass is 10.6. The van der Waals surface area contributed by atoms with E-state index < -0.39 is 0 Å². The standard InChI is InChI=1S/C3H8N4/c4-2-7-1-3(5)6/h2H,1H2,(H2,4,7)(H3,5,6). The average molecular weight is 100 g/mol. The zero-order chi connectivity index (χ0) is 5.70. The fraction of sp³-hybridized carbons (Fsp3) is 0.333. The summed E-state index contributed by atoms with van der Waals surface area (Å²) >= 11 is 0. The van der Waals surface area contributed by atoms with E-state index in [2.05, 4.69) is 5.32 Å². The van der Waals surface area contributed by atoms with Crippen LogP contribution in [0.3, 0.4) is 0 Å². The first kappa shape index (κ1) is 5.94. The summed E-state index contributed by atoms with van der Waals surface area (Å²) in [6.45, 7) is 0.267. The molecule has 40 valence electrons. The van der Waals surface area contributed by atoms with E-state index in [4.69, 9.17) is 16.6 Å². The van der Waals surface area contributed by atoms with Crippen LogP contribution in [-0.2, 0) is 0 Å². The molecule has 0 aromatic rings. The summed E-state index contributed by atoms with van der Waals surface area (Å²) in [4.78, 5) is 0. The molecule has 0 aromatic carbocycles. The number of nitrogens with two attached hydrogens (primary N) is 1. The zero-order valence-electron chi connectivity index (χ0n) is 3.86. The maximum atomic E-state index is 6.61. The molecule has 4 nitrogen and oxygen atoms in total. The van der Waals surface area contributed by atoms with Gasteiger partial charge in [0.05, 0.1) is 12.9 Å². The molecule has 0 fully saturated rings. The number of hydrogen-bond donors (Lipinski definition) is 4. The third kappa shape index (κ3) is 4.94. The molecule has 0 saturated heterocycles. The van der Waals surface area contributed by atoms with Crippen LogP contribution < -0.4 is 11.1 Å². The average Bonchev–Trinajstić information content (AvgIpc) is 1.61. The Morgan fingerprint density at radius 3 is 2.57 bits per heavy atom. The minimum absolute atomic E-state index is 0.0449. The fourth-order valence-electron chi connectivity index (χ4n) is 0.161. The second-order valence-electron chi connectivity index (χ2n) is 1.05. The third-order valence-electron chi connectivity index (χ3n) is 0.395. The van der Waals surface area contributed by atoms with Crippen molar-refractivity contribution >= 4 is 12.2 Å². The minimum atomic E-state index is 0.0449. The first-order chi connectivity index (χ1) is 3.27. The minimum Gasteiger partial charge on any atom is -0.386 e. The van der Waals surface area contributed by atoms with Gasteiger partial charge in [-0.3, -0.25) is 10.8 Å². The zero-order valence-corrected chi connectivity index (χ0v) is 3.86. The summed E-state index contributed by atoms with van der Waals surface area (Å²) in [6.07, 6.45) is 1.00. The molecule has 4 heteroatoms. The van der Waals surface area contributed by atoms with Gasteiger partial charge in [0, 0.05) is 0 Å². The smallest absolute Gasteiger partial charge is 0.110 e. The Morgan fingerprint density at radius 2 is 2.43 bits per heavy atom. The Bertz CT molecular complexity index is 77.0. The summed E-state index contributed by atoms with van der Waals surface area (Å²) in [5.41, 5.74) is 4.90. The van der Waals surface area contributed by atoms with Gasteiger partial charge in [0.15, 0.2) is 0 Å². The molecule has 0 spiro atoms. The molecule has 0 unspecified atom stereocenters. The van der Waals surface area contributed by atoms with Gasteiger partial charge in [-0.15, -0.1) is 0 Å². The lowest BCUT2D eigenvalue weighted by molar-refractivity contribution is 1.07. The summed E-state index contributed by atoms with van der Waals surface area (Å²) in [5, 5.41) is 15.5. The molecule has 0 heterocycles. The highest BCUT2D eigenvalue weighted by Crippen LogP contribution is 1.48. The highest BCUT2D eigenvalue weighted by atomic mass is 14.9. The van der Waals surface area contributed by atoms with Crippen LogP contribution in [0.1, 0.15) is 0 Å². The molecule has 0 aliphatic carbocycles. The van der Waals surface area contributed by atoms with Crippen LogP contribution in [0.4, 0.5) is 0 Å². The van der Waals surface area contributed by atoms with Crippen molar-refractivity contribution in [2.24, 2.45) is 5.73 Å². The van der Waals surface area contributed by atoms with Crippen LogP contribution in [0.5, 0.6) is 0 Å². The van der Waals surface area contributed by atoms with E-state index in [0.29, 0.717) is 0 Å². The van der Waals surface area contributed by atoms with Crippen molar-refractivity contribution in [2.45, 2.75) is 0 Å². The molecule has 0 atom stereocenters. The second-order valence-corrected chi connectivity index (χ2v) is 1.05. The predicted octanol–water partition coefficient (Wildman–Crippen LogP) is -0.881. The molecule has 0 saturated carbocycles. The van der Waals surface area contributed by atoms with Crippen molar-refractivity contribution in [2.75, 3.05) is 6.54 Å². The number of nitrogens with one attached hydrogen (secondary N) is 3. The Balaban J connectivity index is 2.97. The molecule has 7 heavy (non-hydrogen) atoms.